The molecule has 23 heavy (non-hydrogen) atoms. The van der Waals surface area contributed by atoms with Crippen molar-refractivity contribution in [3.8, 4) is 0 Å². The number of Topliss-reactive ketones (excluding diaryl/α,β-unsaturated/α-hetero) is 1. The number of esters is 2. The number of carbonyl (C=O) groups is 3. The second kappa shape index (κ2) is 7.89. The van der Waals surface area contributed by atoms with Crippen molar-refractivity contribution >= 4 is 17.7 Å². The molecule has 0 amide bonds. The first kappa shape index (κ1) is 17.2. The predicted molar refractivity (Wildman–Crippen MR) is 80.6 cm³/mol. The maximum absolute atomic E-state index is 12.2. The van der Waals surface area contributed by atoms with Gasteiger partial charge in [-0.05, 0) is 31.7 Å². The molecule has 2 rings (SSSR count). The molecule has 0 saturated heterocycles. The molecule has 0 N–H and O–H groups in total. The van der Waals surface area contributed by atoms with Crippen LogP contribution in [0.1, 0.15) is 37.4 Å². The Morgan fingerprint density at radius 2 is 2.13 bits per heavy atom. The first-order valence-electron chi connectivity index (χ1n) is 7.83. The highest BCUT2D eigenvalue weighted by molar-refractivity contribution is 5.97. The molecule has 0 fully saturated rings. The van der Waals surface area contributed by atoms with Gasteiger partial charge in [0.05, 0.1) is 32.4 Å². The third kappa shape index (κ3) is 4.64. The van der Waals surface area contributed by atoms with Crippen LogP contribution in [-0.4, -0.2) is 41.2 Å². The Kier molecular flexibility index (Phi) is 5.90. The lowest BCUT2D eigenvalue weighted by Crippen LogP contribution is -2.25. The molecule has 1 aliphatic carbocycles. The Labute approximate surface area is 134 Å². The van der Waals surface area contributed by atoms with Crippen molar-refractivity contribution in [2.24, 2.45) is 5.92 Å². The number of ketones is 1. The van der Waals surface area contributed by atoms with Gasteiger partial charge in [-0.2, -0.15) is 5.10 Å². The van der Waals surface area contributed by atoms with Gasteiger partial charge in [0.1, 0.15) is 12.2 Å². The number of hydrogen-bond acceptors (Lipinski definition) is 6. The summed E-state index contributed by atoms with van der Waals surface area (Å²) in [4.78, 5) is 34.8. The Morgan fingerprint density at radius 1 is 1.35 bits per heavy atom. The van der Waals surface area contributed by atoms with Gasteiger partial charge in [-0.1, -0.05) is 0 Å². The molecule has 7 heteroatoms. The summed E-state index contributed by atoms with van der Waals surface area (Å²) >= 11 is 0. The highest BCUT2D eigenvalue weighted by Gasteiger charge is 2.28. The summed E-state index contributed by atoms with van der Waals surface area (Å²) in [5.41, 5.74) is 1.98. The van der Waals surface area contributed by atoms with E-state index < -0.39 is 5.97 Å². The second-order valence-electron chi connectivity index (χ2n) is 5.58. The number of nitrogens with zero attached hydrogens (tertiary/aromatic N) is 2. The van der Waals surface area contributed by atoms with E-state index in [1.54, 1.807) is 11.6 Å². The molecule has 0 bridgehead atoms. The Balaban J connectivity index is 1.92. The lowest BCUT2D eigenvalue weighted by Gasteiger charge is -2.19. The zero-order chi connectivity index (χ0) is 16.8. The van der Waals surface area contributed by atoms with Gasteiger partial charge in [0, 0.05) is 12.1 Å². The maximum atomic E-state index is 12.2. The van der Waals surface area contributed by atoms with Crippen LogP contribution < -0.4 is 0 Å². The lowest BCUT2D eigenvalue weighted by molar-refractivity contribution is -0.146. The summed E-state index contributed by atoms with van der Waals surface area (Å²) in [6.45, 7) is 2.47. The Bertz CT molecular complexity index is 593. The molecule has 1 aliphatic rings. The molecular weight excluding hydrogens is 300 g/mol. The van der Waals surface area contributed by atoms with E-state index in [-0.39, 0.29) is 37.1 Å². The second-order valence-corrected chi connectivity index (χ2v) is 5.58. The molecule has 1 unspecified atom stereocenters. The molecule has 1 aromatic rings. The van der Waals surface area contributed by atoms with Gasteiger partial charge in [-0.25, -0.2) is 0 Å². The number of ether oxygens (including phenoxy) is 2. The van der Waals surface area contributed by atoms with Crippen molar-refractivity contribution < 1.29 is 23.9 Å². The maximum Gasteiger partial charge on any atom is 0.313 e. The Morgan fingerprint density at radius 3 is 2.83 bits per heavy atom. The minimum atomic E-state index is -0.461. The number of hydrogen-bond donors (Lipinski definition) is 0. The van der Waals surface area contributed by atoms with Gasteiger partial charge in [0.2, 0.25) is 0 Å². The van der Waals surface area contributed by atoms with Crippen molar-refractivity contribution in [3.63, 3.8) is 0 Å². The van der Waals surface area contributed by atoms with Crippen molar-refractivity contribution in [1.29, 1.82) is 0 Å². The van der Waals surface area contributed by atoms with Crippen LogP contribution in [0, 0.1) is 5.92 Å². The standard InChI is InChI=1S/C16H22N2O5/c1-3-23-16(21)9-14(19)11-4-5-13-12(8-11)10-18(17-13)7-6-15(20)22-2/h10-11H,3-9H2,1-2H3. The Hall–Kier alpha value is -2.18. The molecule has 0 spiro atoms. The number of aromatic nitrogens is 2. The van der Waals surface area contributed by atoms with Gasteiger partial charge in [0.25, 0.3) is 0 Å². The van der Waals surface area contributed by atoms with Crippen LogP contribution in [0.4, 0.5) is 0 Å². The fourth-order valence-corrected chi connectivity index (χ4v) is 2.76. The van der Waals surface area contributed by atoms with E-state index >= 15 is 0 Å². The molecule has 0 aliphatic heterocycles. The lowest BCUT2D eigenvalue weighted by atomic mass is 9.84. The monoisotopic (exact) mass is 322 g/mol. The number of fused-ring (bicyclic) bond motifs is 1. The zero-order valence-electron chi connectivity index (χ0n) is 13.5. The summed E-state index contributed by atoms with van der Waals surface area (Å²) in [7, 11) is 1.36. The number of aryl methyl sites for hydroxylation is 2. The van der Waals surface area contributed by atoms with Crippen molar-refractivity contribution in [3.05, 3.63) is 17.5 Å². The molecule has 0 aromatic carbocycles. The van der Waals surface area contributed by atoms with Gasteiger partial charge < -0.3 is 9.47 Å². The molecule has 1 aromatic heterocycles. The number of carbonyl (C=O) groups excluding carboxylic acids is 3. The van der Waals surface area contributed by atoms with E-state index in [0.717, 1.165) is 11.3 Å². The summed E-state index contributed by atoms with van der Waals surface area (Å²) < 4.78 is 11.2. The average Bonchev–Trinajstić information content (AvgIpc) is 2.94. The largest absolute Gasteiger partial charge is 0.469 e. The van der Waals surface area contributed by atoms with Gasteiger partial charge in [0.15, 0.2) is 0 Å². The first-order valence-corrected chi connectivity index (χ1v) is 7.83. The van der Waals surface area contributed by atoms with E-state index in [1.165, 1.54) is 7.11 Å². The van der Waals surface area contributed by atoms with Crippen LogP contribution in [0.25, 0.3) is 0 Å². The van der Waals surface area contributed by atoms with Crippen molar-refractivity contribution in [2.45, 2.75) is 45.6 Å². The van der Waals surface area contributed by atoms with E-state index in [0.29, 0.717) is 25.8 Å². The fraction of sp³-hybridized carbons (Fsp3) is 0.625. The normalized spacial score (nSPS) is 16.5. The molecule has 0 saturated carbocycles. The van der Waals surface area contributed by atoms with Crippen molar-refractivity contribution in [1.82, 2.24) is 9.78 Å². The van der Waals surface area contributed by atoms with E-state index in [1.807, 2.05) is 6.20 Å². The molecule has 1 heterocycles. The molecular formula is C16H22N2O5. The highest BCUT2D eigenvalue weighted by Crippen LogP contribution is 2.26. The van der Waals surface area contributed by atoms with Crippen LogP contribution in [0.5, 0.6) is 0 Å². The van der Waals surface area contributed by atoms with E-state index in [2.05, 4.69) is 9.84 Å². The zero-order valence-corrected chi connectivity index (χ0v) is 13.5. The predicted octanol–water partition coefficient (Wildman–Crippen LogP) is 1.07. The van der Waals surface area contributed by atoms with Crippen LogP contribution >= 0.6 is 0 Å². The minimum absolute atomic E-state index is 0.0728. The van der Waals surface area contributed by atoms with Gasteiger partial charge in [-0.15, -0.1) is 0 Å². The minimum Gasteiger partial charge on any atom is -0.469 e. The quantitative estimate of drug-likeness (QED) is 0.551. The van der Waals surface area contributed by atoms with Gasteiger partial charge in [-0.3, -0.25) is 19.1 Å². The fourth-order valence-electron chi connectivity index (χ4n) is 2.76. The smallest absolute Gasteiger partial charge is 0.313 e. The molecule has 126 valence electrons. The van der Waals surface area contributed by atoms with Crippen LogP contribution in [0.2, 0.25) is 0 Å². The summed E-state index contributed by atoms with van der Waals surface area (Å²) in [6.07, 6.45) is 3.97. The van der Waals surface area contributed by atoms with Crippen molar-refractivity contribution in [2.75, 3.05) is 13.7 Å². The summed E-state index contributed by atoms with van der Waals surface area (Å²) in [5, 5.41) is 4.45. The van der Waals surface area contributed by atoms with Gasteiger partial charge >= 0.3 is 11.9 Å². The average molecular weight is 322 g/mol. The molecule has 0 radical (unpaired) electrons. The number of rotatable bonds is 7. The third-order valence-electron chi connectivity index (χ3n) is 3.97. The third-order valence-corrected chi connectivity index (χ3v) is 3.97. The van der Waals surface area contributed by atoms with Crippen LogP contribution in [-0.2, 0) is 43.2 Å². The topological polar surface area (TPSA) is 87.5 Å². The van der Waals surface area contributed by atoms with Crippen LogP contribution in [0.3, 0.4) is 0 Å². The SMILES string of the molecule is CCOC(=O)CC(=O)C1CCc2nn(CCC(=O)OC)cc2C1. The van der Waals surface area contributed by atoms with Crippen LogP contribution in [0.15, 0.2) is 6.20 Å². The molecule has 7 nitrogen and oxygen atoms in total. The summed E-state index contributed by atoms with van der Waals surface area (Å²) in [6, 6.07) is 0. The highest BCUT2D eigenvalue weighted by atomic mass is 16.5. The first-order chi connectivity index (χ1) is 11.0. The number of methoxy groups -OCH3 is 1. The van der Waals surface area contributed by atoms with E-state index in [9.17, 15) is 14.4 Å². The summed E-state index contributed by atoms with van der Waals surface area (Å²) in [5.74, 6) is -0.973. The molecule has 1 atom stereocenters. The van der Waals surface area contributed by atoms with E-state index in [4.69, 9.17) is 4.74 Å².